The lowest BCUT2D eigenvalue weighted by molar-refractivity contribution is 0.0843. The highest BCUT2D eigenvalue weighted by atomic mass is 35.5. The molecule has 0 radical (unpaired) electrons. The van der Waals surface area contributed by atoms with Crippen molar-refractivity contribution in [2.75, 3.05) is 6.61 Å². The van der Waals surface area contributed by atoms with Crippen LogP contribution in [0.1, 0.15) is 15.9 Å². The van der Waals surface area contributed by atoms with Crippen LogP contribution in [0, 0.1) is 18.3 Å². The van der Waals surface area contributed by atoms with Crippen LogP contribution >= 0.6 is 11.6 Å². The minimum absolute atomic E-state index is 0.120. The number of rotatable bonds is 3. The van der Waals surface area contributed by atoms with Crippen LogP contribution in [0.5, 0.6) is 5.75 Å². The van der Waals surface area contributed by atoms with E-state index in [1.54, 1.807) is 30.5 Å². The fourth-order valence-electron chi connectivity index (χ4n) is 2.40. The van der Waals surface area contributed by atoms with E-state index in [1.165, 1.54) is 4.57 Å². The monoisotopic (exact) mass is 324 g/mol. The first kappa shape index (κ1) is 15.1. The Balaban J connectivity index is 1.84. The summed E-state index contributed by atoms with van der Waals surface area (Å²) in [6.45, 7) is 1.75. The van der Waals surface area contributed by atoms with Gasteiger partial charge in [0.05, 0.1) is 11.1 Å². The summed E-state index contributed by atoms with van der Waals surface area (Å²) in [5, 5.41) is 10.6. The van der Waals surface area contributed by atoms with Gasteiger partial charge in [-0.15, -0.1) is 0 Å². The van der Waals surface area contributed by atoms with Crippen molar-refractivity contribution in [3.8, 4) is 11.8 Å². The number of nitriles is 1. The number of para-hydroxylation sites is 1. The van der Waals surface area contributed by atoms with E-state index in [0.29, 0.717) is 21.9 Å². The van der Waals surface area contributed by atoms with Crippen LogP contribution < -0.4 is 4.74 Å². The van der Waals surface area contributed by atoms with Crippen molar-refractivity contribution in [3.05, 3.63) is 64.8 Å². The summed E-state index contributed by atoms with van der Waals surface area (Å²) in [5.74, 6) is 0.340. The second kappa shape index (κ2) is 6.15. The van der Waals surface area contributed by atoms with Crippen LogP contribution in [-0.2, 0) is 0 Å². The van der Waals surface area contributed by atoms with E-state index >= 15 is 0 Å². The number of fused-ring (bicyclic) bond motifs is 1. The molecule has 0 spiro atoms. The SMILES string of the molecule is Cc1cc(OCC(=O)n2cc(C#N)c3ccccc32)ccc1Cl. The number of nitrogens with zero attached hydrogens (tertiary/aromatic N) is 2. The molecule has 0 atom stereocenters. The van der Waals surface area contributed by atoms with Crippen molar-refractivity contribution in [3.63, 3.8) is 0 Å². The maximum absolute atomic E-state index is 12.4. The van der Waals surface area contributed by atoms with Gasteiger partial charge in [0.2, 0.25) is 0 Å². The van der Waals surface area contributed by atoms with Crippen LogP contribution in [0.2, 0.25) is 5.02 Å². The minimum Gasteiger partial charge on any atom is -0.484 e. The molecule has 0 unspecified atom stereocenters. The lowest BCUT2D eigenvalue weighted by Gasteiger charge is -2.08. The van der Waals surface area contributed by atoms with Gasteiger partial charge in [-0.1, -0.05) is 29.8 Å². The lowest BCUT2D eigenvalue weighted by atomic mass is 10.2. The van der Waals surface area contributed by atoms with Crippen LogP contribution in [0.15, 0.2) is 48.7 Å². The largest absolute Gasteiger partial charge is 0.484 e. The Labute approximate surface area is 138 Å². The zero-order valence-corrected chi connectivity index (χ0v) is 13.2. The molecule has 0 saturated heterocycles. The normalized spacial score (nSPS) is 10.5. The molecule has 0 fully saturated rings. The van der Waals surface area contributed by atoms with Crippen molar-refractivity contribution in [2.45, 2.75) is 6.92 Å². The Morgan fingerprint density at radius 1 is 1.30 bits per heavy atom. The van der Waals surface area contributed by atoms with E-state index in [2.05, 4.69) is 6.07 Å². The van der Waals surface area contributed by atoms with Crippen LogP contribution in [0.4, 0.5) is 0 Å². The first-order valence-electron chi connectivity index (χ1n) is 7.02. The molecule has 2 aromatic carbocycles. The quantitative estimate of drug-likeness (QED) is 0.725. The standard InChI is InChI=1S/C18H13ClN2O2/c1-12-8-14(6-7-16(12)19)23-11-18(22)21-10-13(9-20)15-4-2-3-5-17(15)21/h2-8,10H,11H2,1H3. The fourth-order valence-corrected chi connectivity index (χ4v) is 2.51. The summed E-state index contributed by atoms with van der Waals surface area (Å²) in [4.78, 5) is 12.4. The van der Waals surface area contributed by atoms with Gasteiger partial charge in [-0.05, 0) is 36.8 Å². The highest BCUT2D eigenvalue weighted by Gasteiger charge is 2.13. The lowest BCUT2D eigenvalue weighted by Crippen LogP contribution is -2.18. The Hall–Kier alpha value is -2.77. The van der Waals surface area contributed by atoms with Gasteiger partial charge in [0.15, 0.2) is 6.61 Å². The number of carbonyl (C=O) groups excluding carboxylic acids is 1. The third-order valence-corrected chi connectivity index (χ3v) is 4.02. The summed E-state index contributed by atoms with van der Waals surface area (Å²) in [7, 11) is 0. The van der Waals surface area contributed by atoms with Gasteiger partial charge in [-0.2, -0.15) is 5.26 Å². The molecule has 0 aliphatic rings. The number of hydrogen-bond acceptors (Lipinski definition) is 3. The topological polar surface area (TPSA) is 55.0 Å². The molecule has 0 saturated carbocycles. The Bertz CT molecular complexity index is 938. The molecular weight excluding hydrogens is 312 g/mol. The number of halogens is 1. The van der Waals surface area contributed by atoms with Crippen molar-refractivity contribution >= 4 is 28.4 Å². The number of benzene rings is 2. The second-order valence-electron chi connectivity index (χ2n) is 5.14. The predicted octanol–water partition coefficient (Wildman–Crippen LogP) is 4.19. The summed E-state index contributed by atoms with van der Waals surface area (Å²) in [6.07, 6.45) is 1.55. The number of hydrogen-bond donors (Lipinski definition) is 0. The van der Waals surface area contributed by atoms with Crippen molar-refractivity contribution in [1.82, 2.24) is 4.57 Å². The molecule has 4 nitrogen and oxygen atoms in total. The molecule has 0 bridgehead atoms. The maximum atomic E-state index is 12.4. The molecule has 114 valence electrons. The van der Waals surface area contributed by atoms with E-state index in [0.717, 1.165) is 10.9 Å². The number of aryl methyl sites for hydroxylation is 1. The van der Waals surface area contributed by atoms with Gasteiger partial charge < -0.3 is 4.74 Å². The Morgan fingerprint density at radius 3 is 2.83 bits per heavy atom. The van der Waals surface area contributed by atoms with Gasteiger partial charge in [-0.25, -0.2) is 0 Å². The molecule has 0 aliphatic carbocycles. The van der Waals surface area contributed by atoms with E-state index in [9.17, 15) is 10.1 Å². The van der Waals surface area contributed by atoms with Gasteiger partial charge in [0.1, 0.15) is 11.8 Å². The molecule has 0 N–H and O–H groups in total. The molecule has 1 aromatic heterocycles. The van der Waals surface area contributed by atoms with Crippen molar-refractivity contribution < 1.29 is 9.53 Å². The first-order valence-corrected chi connectivity index (χ1v) is 7.40. The maximum Gasteiger partial charge on any atom is 0.269 e. The third kappa shape index (κ3) is 2.92. The Morgan fingerprint density at radius 2 is 2.09 bits per heavy atom. The van der Waals surface area contributed by atoms with Gasteiger partial charge in [0, 0.05) is 16.6 Å². The summed E-state index contributed by atoms with van der Waals surface area (Å²) in [5.41, 5.74) is 2.05. The zero-order chi connectivity index (χ0) is 16.4. The number of carbonyl (C=O) groups is 1. The molecule has 23 heavy (non-hydrogen) atoms. The first-order chi connectivity index (χ1) is 11.1. The second-order valence-corrected chi connectivity index (χ2v) is 5.54. The van der Waals surface area contributed by atoms with E-state index in [1.807, 2.05) is 25.1 Å². The van der Waals surface area contributed by atoms with Gasteiger partial charge in [-0.3, -0.25) is 9.36 Å². The summed E-state index contributed by atoms with van der Waals surface area (Å²) < 4.78 is 6.99. The van der Waals surface area contributed by atoms with Crippen molar-refractivity contribution in [2.24, 2.45) is 0 Å². The molecule has 3 aromatic rings. The molecular formula is C18H13ClN2O2. The minimum atomic E-state index is -0.240. The average molecular weight is 325 g/mol. The van der Waals surface area contributed by atoms with Crippen LogP contribution in [-0.4, -0.2) is 17.1 Å². The predicted molar refractivity (Wildman–Crippen MR) is 89.0 cm³/mol. The van der Waals surface area contributed by atoms with E-state index in [-0.39, 0.29) is 12.5 Å². The molecule has 5 heteroatoms. The summed E-state index contributed by atoms with van der Waals surface area (Å²) >= 11 is 5.97. The molecule has 0 amide bonds. The van der Waals surface area contributed by atoms with E-state index < -0.39 is 0 Å². The smallest absolute Gasteiger partial charge is 0.269 e. The van der Waals surface area contributed by atoms with Gasteiger partial charge >= 0.3 is 0 Å². The highest BCUT2D eigenvalue weighted by molar-refractivity contribution is 6.31. The van der Waals surface area contributed by atoms with Crippen molar-refractivity contribution in [1.29, 1.82) is 5.26 Å². The van der Waals surface area contributed by atoms with Crippen LogP contribution in [0.3, 0.4) is 0 Å². The highest BCUT2D eigenvalue weighted by Crippen LogP contribution is 2.22. The van der Waals surface area contributed by atoms with E-state index in [4.69, 9.17) is 16.3 Å². The zero-order valence-electron chi connectivity index (χ0n) is 12.4. The molecule has 0 aliphatic heterocycles. The fraction of sp³-hybridized carbons (Fsp3) is 0.111. The molecule has 1 heterocycles. The third-order valence-electron chi connectivity index (χ3n) is 3.59. The Kier molecular flexibility index (Phi) is 4.05. The molecule has 3 rings (SSSR count). The summed E-state index contributed by atoms with van der Waals surface area (Å²) in [6, 6.07) is 14.6. The number of ether oxygens (including phenoxy) is 1. The van der Waals surface area contributed by atoms with Gasteiger partial charge in [0.25, 0.3) is 5.91 Å². The number of aromatic nitrogens is 1. The average Bonchev–Trinajstić information content (AvgIpc) is 2.94. The van der Waals surface area contributed by atoms with Crippen LogP contribution in [0.25, 0.3) is 10.9 Å².